The number of hydrogen-bond acceptors (Lipinski definition) is 3. The molecule has 0 saturated heterocycles. The van der Waals surface area contributed by atoms with Gasteiger partial charge in [0.15, 0.2) is 0 Å². The van der Waals surface area contributed by atoms with Gasteiger partial charge in [-0.25, -0.2) is 4.98 Å². The molecule has 0 aliphatic rings. The largest absolute Gasteiger partial charge is 0.334 e. The van der Waals surface area contributed by atoms with E-state index in [1.54, 1.807) is 11.0 Å². The van der Waals surface area contributed by atoms with Gasteiger partial charge in [-0.1, -0.05) is 24.6 Å². The molecule has 0 unspecified atom stereocenters. The van der Waals surface area contributed by atoms with E-state index in [0.717, 1.165) is 6.42 Å². The number of carbonyl (C=O) groups excluding carboxylic acids is 1. The molecule has 0 radical (unpaired) electrons. The molecule has 1 aromatic rings. The van der Waals surface area contributed by atoms with Crippen molar-refractivity contribution < 1.29 is 4.79 Å². The fourth-order valence-corrected chi connectivity index (χ4v) is 1.46. The van der Waals surface area contributed by atoms with Gasteiger partial charge in [-0.05, 0) is 6.42 Å². The average molecular weight is 240 g/mol. The van der Waals surface area contributed by atoms with Gasteiger partial charge in [0.2, 0.25) is 0 Å². The third-order valence-corrected chi connectivity index (χ3v) is 2.14. The highest BCUT2D eigenvalue weighted by atomic mass is 35.5. The van der Waals surface area contributed by atoms with Crippen molar-refractivity contribution in [3.05, 3.63) is 35.9 Å². The quantitative estimate of drug-likeness (QED) is 0.740. The van der Waals surface area contributed by atoms with E-state index >= 15 is 0 Å². The Morgan fingerprint density at radius 2 is 2.38 bits per heavy atom. The number of hydrogen-bond donors (Lipinski definition) is 0. The molecule has 0 saturated carbocycles. The summed E-state index contributed by atoms with van der Waals surface area (Å²) in [7, 11) is 0. The molecule has 0 aromatic carbocycles. The van der Waals surface area contributed by atoms with E-state index < -0.39 is 0 Å². The van der Waals surface area contributed by atoms with E-state index in [1.165, 1.54) is 12.4 Å². The minimum atomic E-state index is -0.170. The molecule has 0 fully saturated rings. The van der Waals surface area contributed by atoms with Crippen molar-refractivity contribution in [3.63, 3.8) is 0 Å². The fraction of sp³-hybridized carbons (Fsp3) is 0.364. The lowest BCUT2D eigenvalue weighted by atomic mass is 10.3. The molecule has 0 aliphatic carbocycles. The maximum Gasteiger partial charge on any atom is 0.274 e. The van der Waals surface area contributed by atoms with E-state index in [2.05, 4.69) is 16.5 Å². The maximum absolute atomic E-state index is 12.0. The third kappa shape index (κ3) is 3.31. The molecular weight excluding hydrogens is 226 g/mol. The summed E-state index contributed by atoms with van der Waals surface area (Å²) in [5.41, 5.74) is 0.266. The summed E-state index contributed by atoms with van der Waals surface area (Å²) in [6.45, 7) is 6.79. The smallest absolute Gasteiger partial charge is 0.274 e. The Balaban J connectivity index is 2.85. The SMILES string of the molecule is C=CCN(CCC)C(=O)c1cncc(Cl)n1. The molecule has 0 N–H and O–H groups in total. The third-order valence-electron chi connectivity index (χ3n) is 1.95. The van der Waals surface area contributed by atoms with Gasteiger partial charge in [0.05, 0.1) is 12.4 Å². The van der Waals surface area contributed by atoms with Crippen LogP contribution in [0.2, 0.25) is 5.15 Å². The number of aromatic nitrogens is 2. The molecule has 86 valence electrons. The fourth-order valence-electron chi connectivity index (χ4n) is 1.31. The second kappa shape index (κ2) is 6.23. The monoisotopic (exact) mass is 239 g/mol. The van der Waals surface area contributed by atoms with Crippen LogP contribution in [0.15, 0.2) is 25.0 Å². The zero-order valence-electron chi connectivity index (χ0n) is 9.19. The molecule has 1 aromatic heterocycles. The van der Waals surface area contributed by atoms with E-state index in [4.69, 9.17) is 11.6 Å². The molecule has 0 spiro atoms. The second-order valence-electron chi connectivity index (χ2n) is 3.27. The molecule has 0 bridgehead atoms. The van der Waals surface area contributed by atoms with Crippen LogP contribution in [0.5, 0.6) is 0 Å². The van der Waals surface area contributed by atoms with Crippen LogP contribution in [-0.4, -0.2) is 33.9 Å². The average Bonchev–Trinajstić information content (AvgIpc) is 2.28. The lowest BCUT2D eigenvalue weighted by molar-refractivity contribution is 0.0767. The zero-order valence-corrected chi connectivity index (χ0v) is 9.94. The van der Waals surface area contributed by atoms with Crippen molar-refractivity contribution in [1.82, 2.24) is 14.9 Å². The van der Waals surface area contributed by atoms with Crippen LogP contribution < -0.4 is 0 Å². The maximum atomic E-state index is 12.0. The summed E-state index contributed by atoms with van der Waals surface area (Å²) >= 11 is 5.68. The predicted molar refractivity (Wildman–Crippen MR) is 63.4 cm³/mol. The highest BCUT2D eigenvalue weighted by Gasteiger charge is 2.15. The van der Waals surface area contributed by atoms with Crippen LogP contribution >= 0.6 is 11.6 Å². The van der Waals surface area contributed by atoms with Gasteiger partial charge in [0.1, 0.15) is 10.8 Å². The highest BCUT2D eigenvalue weighted by molar-refractivity contribution is 6.29. The van der Waals surface area contributed by atoms with Crippen molar-refractivity contribution in [2.45, 2.75) is 13.3 Å². The Morgan fingerprint density at radius 1 is 1.62 bits per heavy atom. The molecule has 16 heavy (non-hydrogen) atoms. The van der Waals surface area contributed by atoms with Crippen LogP contribution in [-0.2, 0) is 0 Å². The summed E-state index contributed by atoms with van der Waals surface area (Å²) in [5.74, 6) is -0.170. The molecule has 5 heteroatoms. The number of rotatable bonds is 5. The van der Waals surface area contributed by atoms with Crippen LogP contribution in [0.3, 0.4) is 0 Å². The van der Waals surface area contributed by atoms with Crippen LogP contribution in [0.25, 0.3) is 0 Å². The van der Waals surface area contributed by atoms with Gasteiger partial charge in [-0.2, -0.15) is 0 Å². The molecule has 1 rings (SSSR count). The Morgan fingerprint density at radius 3 is 2.94 bits per heavy atom. The number of halogens is 1. The van der Waals surface area contributed by atoms with Gasteiger partial charge in [0, 0.05) is 13.1 Å². The van der Waals surface area contributed by atoms with E-state index in [-0.39, 0.29) is 16.8 Å². The van der Waals surface area contributed by atoms with Gasteiger partial charge < -0.3 is 4.90 Å². The Bertz CT molecular complexity index is 381. The van der Waals surface area contributed by atoms with Crippen molar-refractivity contribution in [1.29, 1.82) is 0 Å². The van der Waals surface area contributed by atoms with E-state index in [0.29, 0.717) is 13.1 Å². The normalized spacial score (nSPS) is 9.88. The lowest BCUT2D eigenvalue weighted by Crippen LogP contribution is -2.32. The summed E-state index contributed by atoms with van der Waals surface area (Å²) in [6.07, 6.45) is 5.38. The van der Waals surface area contributed by atoms with Gasteiger partial charge >= 0.3 is 0 Å². The Labute approximate surface area is 100.0 Å². The minimum absolute atomic E-state index is 0.170. The highest BCUT2D eigenvalue weighted by Crippen LogP contribution is 2.06. The molecular formula is C11H14ClN3O. The van der Waals surface area contributed by atoms with Gasteiger partial charge in [-0.15, -0.1) is 6.58 Å². The van der Waals surface area contributed by atoms with Crippen molar-refractivity contribution in [2.24, 2.45) is 0 Å². The zero-order chi connectivity index (χ0) is 12.0. The van der Waals surface area contributed by atoms with Crippen molar-refractivity contribution >= 4 is 17.5 Å². The first-order valence-electron chi connectivity index (χ1n) is 5.06. The van der Waals surface area contributed by atoms with Gasteiger partial charge in [-0.3, -0.25) is 9.78 Å². The van der Waals surface area contributed by atoms with Crippen LogP contribution in [0.1, 0.15) is 23.8 Å². The minimum Gasteiger partial charge on any atom is -0.334 e. The second-order valence-corrected chi connectivity index (χ2v) is 3.65. The molecule has 0 atom stereocenters. The topological polar surface area (TPSA) is 46.1 Å². The van der Waals surface area contributed by atoms with E-state index in [9.17, 15) is 4.79 Å². The summed E-state index contributed by atoms with van der Waals surface area (Å²) < 4.78 is 0. The number of amides is 1. The molecule has 4 nitrogen and oxygen atoms in total. The number of nitrogens with zero attached hydrogens (tertiary/aromatic N) is 3. The van der Waals surface area contributed by atoms with Crippen molar-refractivity contribution in [3.8, 4) is 0 Å². The van der Waals surface area contributed by atoms with E-state index in [1.807, 2.05) is 6.92 Å². The summed E-state index contributed by atoms with van der Waals surface area (Å²) in [6, 6.07) is 0. The Kier molecular flexibility index (Phi) is 4.92. The molecule has 1 amide bonds. The van der Waals surface area contributed by atoms with Crippen molar-refractivity contribution in [2.75, 3.05) is 13.1 Å². The van der Waals surface area contributed by atoms with Gasteiger partial charge in [0.25, 0.3) is 5.91 Å². The first-order chi connectivity index (χ1) is 7.69. The predicted octanol–water partition coefficient (Wildman–Crippen LogP) is 2.17. The van der Waals surface area contributed by atoms with Crippen LogP contribution in [0, 0.1) is 0 Å². The standard InChI is InChI=1S/C11H14ClN3O/c1-3-5-15(6-4-2)11(16)9-7-13-8-10(12)14-9/h3,7-8H,1,4-6H2,2H3. The molecule has 0 aliphatic heterocycles. The summed E-state index contributed by atoms with van der Waals surface area (Å²) in [5, 5.41) is 0.223. The Hall–Kier alpha value is -1.42. The molecule has 1 heterocycles. The number of carbonyl (C=O) groups is 1. The first-order valence-corrected chi connectivity index (χ1v) is 5.44. The van der Waals surface area contributed by atoms with Crippen LogP contribution in [0.4, 0.5) is 0 Å². The summed E-state index contributed by atoms with van der Waals surface area (Å²) in [4.78, 5) is 21.4. The first kappa shape index (κ1) is 12.6. The lowest BCUT2D eigenvalue weighted by Gasteiger charge is -2.19.